The first kappa shape index (κ1) is 17.6. The van der Waals surface area contributed by atoms with Crippen LogP contribution < -0.4 is 11.1 Å². The Balaban J connectivity index is 1.86. The number of carbonyl (C=O) groups excluding carboxylic acids is 2. The van der Waals surface area contributed by atoms with Gasteiger partial charge in [-0.1, -0.05) is 38.3 Å². The average Bonchev–Trinajstić information content (AvgIpc) is 2.52. The van der Waals surface area contributed by atoms with Crippen LogP contribution in [0.1, 0.15) is 43.5 Å². The minimum atomic E-state index is -0.648. The van der Waals surface area contributed by atoms with Gasteiger partial charge in [-0.2, -0.15) is 0 Å². The molecule has 1 aliphatic carbocycles. The van der Waals surface area contributed by atoms with Gasteiger partial charge in [0, 0.05) is 16.8 Å². The molecule has 126 valence electrons. The topological polar surface area (TPSA) is 81.4 Å². The lowest BCUT2D eigenvalue weighted by Gasteiger charge is -2.34. The maximum absolute atomic E-state index is 12.0. The fourth-order valence-electron chi connectivity index (χ4n) is 2.95. The first-order valence-corrected chi connectivity index (χ1v) is 8.27. The lowest BCUT2D eigenvalue weighted by molar-refractivity contribution is -0.125. The maximum atomic E-state index is 12.0. The van der Waals surface area contributed by atoms with Gasteiger partial charge in [-0.05, 0) is 36.5 Å². The van der Waals surface area contributed by atoms with Gasteiger partial charge in [-0.25, -0.2) is 4.79 Å². The second-order valence-corrected chi connectivity index (χ2v) is 6.69. The number of nitrogens with two attached hydrogens (primary N) is 1. The molecular formula is C17H23ClN2O3. The van der Waals surface area contributed by atoms with Crippen LogP contribution in [0.25, 0.3) is 0 Å². The number of nitrogen functional groups attached to an aromatic ring is 1. The van der Waals surface area contributed by atoms with Crippen LogP contribution >= 0.6 is 11.6 Å². The molecule has 1 aromatic rings. The Morgan fingerprint density at radius 3 is 2.83 bits per heavy atom. The van der Waals surface area contributed by atoms with E-state index in [0.717, 1.165) is 12.8 Å². The van der Waals surface area contributed by atoms with E-state index >= 15 is 0 Å². The molecule has 1 amide bonds. The zero-order valence-electron chi connectivity index (χ0n) is 13.5. The van der Waals surface area contributed by atoms with Gasteiger partial charge < -0.3 is 15.8 Å². The Hall–Kier alpha value is -1.75. The summed E-state index contributed by atoms with van der Waals surface area (Å²) in [5.74, 6) is 0.0740. The van der Waals surface area contributed by atoms with Crippen LogP contribution in [-0.4, -0.2) is 24.5 Å². The fraction of sp³-hybridized carbons (Fsp3) is 0.529. The molecule has 23 heavy (non-hydrogen) atoms. The second kappa shape index (κ2) is 7.68. The fourth-order valence-corrected chi connectivity index (χ4v) is 3.12. The SMILES string of the molecule is C[C@@H]1[C@@H](C)CCC[C@H]1NC(=O)COC(=O)c1cc(Cl)ccc1N. The van der Waals surface area contributed by atoms with Crippen LogP contribution in [0.5, 0.6) is 0 Å². The predicted octanol–water partition coefficient (Wildman–Crippen LogP) is 3.02. The molecule has 1 fully saturated rings. The van der Waals surface area contributed by atoms with E-state index < -0.39 is 5.97 Å². The van der Waals surface area contributed by atoms with Gasteiger partial charge in [0.05, 0.1) is 5.56 Å². The lowest BCUT2D eigenvalue weighted by atomic mass is 9.78. The summed E-state index contributed by atoms with van der Waals surface area (Å²) in [6, 6.07) is 4.69. The van der Waals surface area contributed by atoms with Gasteiger partial charge in [0.1, 0.15) is 0 Å². The van der Waals surface area contributed by atoms with Crippen LogP contribution in [0.2, 0.25) is 5.02 Å². The van der Waals surface area contributed by atoms with E-state index in [4.69, 9.17) is 22.1 Å². The number of anilines is 1. The zero-order valence-corrected chi connectivity index (χ0v) is 14.2. The van der Waals surface area contributed by atoms with Gasteiger partial charge in [0.25, 0.3) is 5.91 Å². The molecule has 0 aliphatic heterocycles. The molecule has 5 nitrogen and oxygen atoms in total. The molecule has 6 heteroatoms. The van der Waals surface area contributed by atoms with Crippen LogP contribution in [0, 0.1) is 11.8 Å². The standard InChI is InChI=1S/C17H23ClN2O3/c1-10-4-3-5-15(11(10)2)20-16(21)9-23-17(22)13-8-12(18)6-7-14(13)19/h6-8,10-11,15H,3-5,9,19H2,1-2H3,(H,20,21)/t10-,11+,15+/m0/s1. The van der Waals surface area contributed by atoms with Crippen molar-refractivity contribution in [3.8, 4) is 0 Å². The third-order valence-corrected chi connectivity index (χ3v) is 4.86. The highest BCUT2D eigenvalue weighted by molar-refractivity contribution is 6.31. The molecule has 0 saturated heterocycles. The number of hydrogen-bond donors (Lipinski definition) is 2. The molecule has 0 spiro atoms. The molecule has 1 saturated carbocycles. The number of rotatable bonds is 4. The van der Waals surface area contributed by atoms with Crippen molar-refractivity contribution in [3.63, 3.8) is 0 Å². The molecule has 0 unspecified atom stereocenters. The van der Waals surface area contributed by atoms with Gasteiger partial charge in [0.2, 0.25) is 0 Å². The van der Waals surface area contributed by atoms with Crippen LogP contribution in [0.3, 0.4) is 0 Å². The van der Waals surface area contributed by atoms with E-state index in [9.17, 15) is 9.59 Å². The highest BCUT2D eigenvalue weighted by Crippen LogP contribution is 2.29. The summed E-state index contributed by atoms with van der Waals surface area (Å²) in [6.45, 7) is 4.03. The normalized spacial score (nSPS) is 24.0. The van der Waals surface area contributed by atoms with E-state index in [-0.39, 0.29) is 29.8 Å². The Bertz CT molecular complexity index is 591. The molecule has 1 aromatic carbocycles. The minimum absolute atomic E-state index is 0.140. The smallest absolute Gasteiger partial charge is 0.340 e. The molecule has 1 aliphatic rings. The third-order valence-electron chi connectivity index (χ3n) is 4.62. The number of hydrogen-bond acceptors (Lipinski definition) is 4. The Morgan fingerprint density at radius 2 is 2.09 bits per heavy atom. The molecule has 3 atom stereocenters. The maximum Gasteiger partial charge on any atom is 0.340 e. The molecule has 0 aromatic heterocycles. The van der Waals surface area contributed by atoms with E-state index in [1.54, 1.807) is 6.07 Å². The quantitative estimate of drug-likeness (QED) is 0.653. The van der Waals surface area contributed by atoms with E-state index in [2.05, 4.69) is 19.2 Å². The lowest BCUT2D eigenvalue weighted by Crippen LogP contribution is -2.45. The van der Waals surface area contributed by atoms with Crippen molar-refractivity contribution in [3.05, 3.63) is 28.8 Å². The molecular weight excluding hydrogens is 316 g/mol. The summed E-state index contributed by atoms with van der Waals surface area (Å²) in [6.07, 6.45) is 3.26. The summed E-state index contributed by atoms with van der Waals surface area (Å²) in [4.78, 5) is 24.0. The number of ether oxygens (including phenoxy) is 1. The minimum Gasteiger partial charge on any atom is -0.452 e. The second-order valence-electron chi connectivity index (χ2n) is 6.25. The summed E-state index contributed by atoms with van der Waals surface area (Å²) in [7, 11) is 0. The number of carbonyl (C=O) groups is 2. The molecule has 0 radical (unpaired) electrons. The van der Waals surface area contributed by atoms with Crippen molar-refractivity contribution in [1.82, 2.24) is 5.32 Å². The van der Waals surface area contributed by atoms with Gasteiger partial charge in [-0.15, -0.1) is 0 Å². The highest BCUT2D eigenvalue weighted by Gasteiger charge is 2.28. The van der Waals surface area contributed by atoms with E-state index in [0.29, 0.717) is 16.9 Å². The van der Waals surface area contributed by atoms with Gasteiger partial charge in [0.15, 0.2) is 6.61 Å². The Morgan fingerprint density at radius 1 is 1.35 bits per heavy atom. The molecule has 0 bridgehead atoms. The Labute approximate surface area is 141 Å². The van der Waals surface area contributed by atoms with Crippen molar-refractivity contribution < 1.29 is 14.3 Å². The van der Waals surface area contributed by atoms with E-state index in [1.165, 1.54) is 18.6 Å². The first-order chi connectivity index (χ1) is 10.9. The van der Waals surface area contributed by atoms with Crippen molar-refractivity contribution >= 4 is 29.2 Å². The van der Waals surface area contributed by atoms with E-state index in [1.807, 2.05) is 0 Å². The Kier molecular flexibility index (Phi) is 5.88. The van der Waals surface area contributed by atoms with Crippen molar-refractivity contribution in [2.45, 2.75) is 39.2 Å². The average molecular weight is 339 g/mol. The first-order valence-electron chi connectivity index (χ1n) is 7.90. The van der Waals surface area contributed by atoms with Crippen molar-refractivity contribution in [2.75, 3.05) is 12.3 Å². The van der Waals surface area contributed by atoms with Crippen molar-refractivity contribution in [1.29, 1.82) is 0 Å². The largest absolute Gasteiger partial charge is 0.452 e. The highest BCUT2D eigenvalue weighted by atomic mass is 35.5. The summed E-state index contributed by atoms with van der Waals surface area (Å²) in [5.41, 5.74) is 6.16. The monoisotopic (exact) mass is 338 g/mol. The van der Waals surface area contributed by atoms with Crippen LogP contribution in [0.15, 0.2) is 18.2 Å². The van der Waals surface area contributed by atoms with Gasteiger partial charge >= 0.3 is 5.97 Å². The molecule has 2 rings (SSSR count). The number of nitrogens with one attached hydrogen (secondary N) is 1. The van der Waals surface area contributed by atoms with Crippen LogP contribution in [0.4, 0.5) is 5.69 Å². The van der Waals surface area contributed by atoms with Crippen molar-refractivity contribution in [2.24, 2.45) is 11.8 Å². The summed E-state index contributed by atoms with van der Waals surface area (Å²) in [5, 5.41) is 3.35. The number of benzene rings is 1. The number of amides is 1. The predicted molar refractivity (Wildman–Crippen MR) is 90.3 cm³/mol. The number of halogens is 1. The van der Waals surface area contributed by atoms with Crippen LogP contribution in [-0.2, 0) is 9.53 Å². The summed E-state index contributed by atoms with van der Waals surface area (Å²) >= 11 is 5.84. The number of esters is 1. The van der Waals surface area contributed by atoms with Gasteiger partial charge in [-0.3, -0.25) is 4.79 Å². The molecule has 0 heterocycles. The zero-order chi connectivity index (χ0) is 17.0. The third kappa shape index (κ3) is 4.61. The summed E-state index contributed by atoms with van der Waals surface area (Å²) < 4.78 is 5.04. The molecule has 3 N–H and O–H groups in total.